The SMILES string of the molecule is CCN(CCc1cc(C(C)C)ccc1C1(O)C(=O)c2ccccc2C1=O)C(=O)O. The Kier molecular flexibility index (Phi) is 5.57. The van der Waals surface area contributed by atoms with Crippen molar-refractivity contribution in [1.82, 2.24) is 4.90 Å². The van der Waals surface area contributed by atoms with Crippen molar-refractivity contribution >= 4 is 17.7 Å². The third kappa shape index (κ3) is 3.44. The van der Waals surface area contributed by atoms with Crippen molar-refractivity contribution in [2.75, 3.05) is 13.1 Å². The van der Waals surface area contributed by atoms with E-state index in [0.717, 1.165) is 5.56 Å². The summed E-state index contributed by atoms with van der Waals surface area (Å²) in [7, 11) is 0. The van der Waals surface area contributed by atoms with Gasteiger partial charge in [-0.25, -0.2) is 4.79 Å². The number of carbonyl (C=O) groups is 3. The zero-order chi connectivity index (χ0) is 21.3. The highest BCUT2D eigenvalue weighted by molar-refractivity contribution is 6.32. The van der Waals surface area contributed by atoms with E-state index < -0.39 is 23.3 Å². The molecule has 0 atom stereocenters. The standard InChI is InChI=1S/C23H25NO5/c1-4-24(22(27)28)12-11-16-13-15(14(2)3)9-10-19(16)23(29)20(25)17-7-5-6-8-18(17)21(23)26/h5-10,13-14,29H,4,11-12H2,1-3H3,(H,27,28). The fraction of sp³-hybridized carbons (Fsp3) is 0.348. The van der Waals surface area contributed by atoms with E-state index in [9.17, 15) is 24.6 Å². The molecule has 0 bridgehead atoms. The van der Waals surface area contributed by atoms with E-state index in [1.807, 2.05) is 19.9 Å². The maximum atomic E-state index is 13.0. The van der Waals surface area contributed by atoms with Gasteiger partial charge in [0.1, 0.15) is 0 Å². The van der Waals surface area contributed by atoms with Crippen molar-refractivity contribution in [2.24, 2.45) is 0 Å². The van der Waals surface area contributed by atoms with E-state index in [2.05, 4.69) is 0 Å². The molecule has 0 saturated heterocycles. The molecule has 0 heterocycles. The molecule has 0 fully saturated rings. The van der Waals surface area contributed by atoms with Crippen molar-refractivity contribution in [3.63, 3.8) is 0 Å². The summed E-state index contributed by atoms with van der Waals surface area (Å²) in [5.74, 6) is -1.07. The lowest BCUT2D eigenvalue weighted by Crippen LogP contribution is -2.39. The lowest BCUT2D eigenvalue weighted by Gasteiger charge is -2.25. The van der Waals surface area contributed by atoms with Gasteiger partial charge in [0.25, 0.3) is 0 Å². The van der Waals surface area contributed by atoms with Crippen molar-refractivity contribution in [3.05, 3.63) is 70.3 Å². The van der Waals surface area contributed by atoms with Crippen LogP contribution in [0.25, 0.3) is 0 Å². The highest BCUT2D eigenvalue weighted by atomic mass is 16.4. The molecule has 6 nitrogen and oxygen atoms in total. The summed E-state index contributed by atoms with van der Waals surface area (Å²) in [4.78, 5) is 38.7. The van der Waals surface area contributed by atoms with Gasteiger partial charge >= 0.3 is 6.09 Å². The van der Waals surface area contributed by atoms with Crippen molar-refractivity contribution < 1.29 is 24.6 Å². The van der Waals surface area contributed by atoms with Gasteiger partial charge in [0.15, 0.2) is 0 Å². The molecule has 0 unspecified atom stereocenters. The van der Waals surface area contributed by atoms with E-state index in [-0.39, 0.29) is 35.6 Å². The second-order valence-electron chi connectivity index (χ2n) is 7.60. The van der Waals surface area contributed by atoms with Gasteiger partial charge in [-0.1, -0.05) is 56.3 Å². The summed E-state index contributed by atoms with van der Waals surface area (Å²) < 4.78 is 0. The Balaban J connectivity index is 2.08. The molecular weight excluding hydrogens is 370 g/mol. The van der Waals surface area contributed by atoms with Crippen molar-refractivity contribution in [2.45, 2.75) is 38.7 Å². The predicted molar refractivity (Wildman–Crippen MR) is 109 cm³/mol. The Labute approximate surface area is 169 Å². The lowest BCUT2D eigenvalue weighted by molar-refractivity contribution is 0.0317. The molecule has 3 rings (SSSR count). The number of rotatable bonds is 6. The quantitative estimate of drug-likeness (QED) is 0.729. The number of fused-ring (bicyclic) bond motifs is 1. The summed E-state index contributed by atoms with van der Waals surface area (Å²) in [5.41, 5.74) is -0.0442. The van der Waals surface area contributed by atoms with Crippen LogP contribution < -0.4 is 0 Å². The molecule has 0 aromatic heterocycles. The third-order valence-electron chi connectivity index (χ3n) is 5.56. The largest absolute Gasteiger partial charge is 0.465 e. The van der Waals surface area contributed by atoms with Gasteiger partial charge in [0.05, 0.1) is 0 Å². The van der Waals surface area contributed by atoms with Crippen LogP contribution in [0.4, 0.5) is 4.79 Å². The molecule has 29 heavy (non-hydrogen) atoms. The topological polar surface area (TPSA) is 94.9 Å². The molecule has 0 spiro atoms. The molecule has 1 aliphatic carbocycles. The van der Waals surface area contributed by atoms with Gasteiger partial charge in [-0.3, -0.25) is 9.59 Å². The summed E-state index contributed by atoms with van der Waals surface area (Å²) in [6.45, 7) is 6.30. The lowest BCUT2D eigenvalue weighted by atomic mass is 9.83. The maximum Gasteiger partial charge on any atom is 0.407 e. The smallest absolute Gasteiger partial charge is 0.407 e. The first kappa shape index (κ1) is 20.7. The second kappa shape index (κ2) is 7.79. The predicted octanol–water partition coefficient (Wildman–Crippen LogP) is 3.62. The molecular formula is C23H25NO5. The van der Waals surface area contributed by atoms with Crippen LogP contribution in [-0.4, -0.2) is 45.9 Å². The van der Waals surface area contributed by atoms with Gasteiger partial charge in [0.2, 0.25) is 17.2 Å². The molecule has 6 heteroatoms. The number of benzene rings is 2. The average molecular weight is 395 g/mol. The Bertz CT molecular complexity index is 944. The molecule has 1 aliphatic rings. The van der Waals surface area contributed by atoms with E-state index in [1.54, 1.807) is 43.3 Å². The minimum atomic E-state index is -2.28. The third-order valence-corrected chi connectivity index (χ3v) is 5.56. The molecule has 0 saturated carbocycles. The highest BCUT2D eigenvalue weighted by Crippen LogP contribution is 2.40. The zero-order valence-electron chi connectivity index (χ0n) is 16.8. The normalized spacial score (nSPS) is 14.9. The first-order chi connectivity index (χ1) is 13.7. The monoisotopic (exact) mass is 395 g/mol. The Morgan fingerprint density at radius 3 is 2.14 bits per heavy atom. The van der Waals surface area contributed by atoms with Crippen LogP contribution in [0.15, 0.2) is 42.5 Å². The van der Waals surface area contributed by atoms with Crippen LogP contribution in [0.2, 0.25) is 0 Å². The van der Waals surface area contributed by atoms with E-state index in [1.165, 1.54) is 4.90 Å². The second-order valence-corrected chi connectivity index (χ2v) is 7.60. The number of carboxylic acid groups (broad SMARTS) is 1. The zero-order valence-corrected chi connectivity index (χ0v) is 16.8. The van der Waals surface area contributed by atoms with Crippen molar-refractivity contribution in [1.29, 1.82) is 0 Å². The number of nitrogens with zero attached hydrogens (tertiary/aromatic N) is 1. The Morgan fingerprint density at radius 2 is 1.66 bits per heavy atom. The number of ketones is 2. The fourth-order valence-corrected chi connectivity index (χ4v) is 3.79. The van der Waals surface area contributed by atoms with Gasteiger partial charge in [-0.2, -0.15) is 0 Å². The van der Waals surface area contributed by atoms with Gasteiger partial charge < -0.3 is 15.1 Å². The van der Waals surface area contributed by atoms with Crippen molar-refractivity contribution in [3.8, 4) is 0 Å². The van der Waals surface area contributed by atoms with E-state index >= 15 is 0 Å². The Morgan fingerprint density at radius 1 is 1.07 bits per heavy atom. The summed E-state index contributed by atoms with van der Waals surface area (Å²) in [6, 6.07) is 11.7. The highest BCUT2D eigenvalue weighted by Gasteiger charge is 2.53. The number of carbonyl (C=O) groups excluding carboxylic acids is 2. The molecule has 2 N–H and O–H groups in total. The minimum absolute atomic E-state index is 0.200. The molecule has 152 valence electrons. The fourth-order valence-electron chi connectivity index (χ4n) is 3.79. The average Bonchev–Trinajstić information content (AvgIpc) is 2.90. The van der Waals surface area contributed by atoms with Crippen LogP contribution >= 0.6 is 0 Å². The first-order valence-electron chi connectivity index (χ1n) is 9.74. The van der Waals surface area contributed by atoms with Crippen LogP contribution in [-0.2, 0) is 12.0 Å². The first-order valence-corrected chi connectivity index (χ1v) is 9.74. The maximum absolute atomic E-state index is 13.0. The number of Topliss-reactive ketones (excluding diaryl/α,β-unsaturated/α-hetero) is 2. The number of hydrogen-bond donors (Lipinski definition) is 2. The number of hydrogen-bond acceptors (Lipinski definition) is 4. The molecule has 0 radical (unpaired) electrons. The molecule has 2 aromatic rings. The molecule has 2 aromatic carbocycles. The summed E-state index contributed by atoms with van der Waals surface area (Å²) in [5, 5.41) is 20.6. The van der Waals surface area contributed by atoms with E-state index in [4.69, 9.17) is 0 Å². The van der Waals surface area contributed by atoms with E-state index in [0.29, 0.717) is 12.1 Å². The van der Waals surface area contributed by atoms with Crippen LogP contribution in [0, 0.1) is 0 Å². The summed E-state index contributed by atoms with van der Waals surface area (Å²) in [6.07, 6.45) is -0.747. The molecule has 1 amide bonds. The number of amides is 1. The minimum Gasteiger partial charge on any atom is -0.465 e. The molecule has 0 aliphatic heterocycles. The summed E-state index contributed by atoms with van der Waals surface area (Å²) >= 11 is 0. The van der Waals surface area contributed by atoms with Crippen LogP contribution in [0.3, 0.4) is 0 Å². The number of aliphatic hydroxyl groups is 1. The Hall–Kier alpha value is -2.99. The van der Waals surface area contributed by atoms with Gasteiger partial charge in [-0.15, -0.1) is 0 Å². The van der Waals surface area contributed by atoms with Crippen LogP contribution in [0.5, 0.6) is 0 Å². The van der Waals surface area contributed by atoms with Crippen LogP contribution in [0.1, 0.15) is 64.1 Å². The number of likely N-dealkylation sites (N-methyl/N-ethyl adjacent to an activating group) is 1. The van der Waals surface area contributed by atoms with Gasteiger partial charge in [-0.05, 0) is 30.4 Å². The van der Waals surface area contributed by atoms with Gasteiger partial charge in [0, 0.05) is 29.8 Å².